The van der Waals surface area contributed by atoms with E-state index in [-0.39, 0.29) is 31.0 Å². The van der Waals surface area contributed by atoms with Gasteiger partial charge in [-0.2, -0.15) is 0 Å². The van der Waals surface area contributed by atoms with Crippen LogP contribution in [0.25, 0.3) is 0 Å². The summed E-state index contributed by atoms with van der Waals surface area (Å²) in [6, 6.07) is 0. The zero-order chi connectivity index (χ0) is 7.98. The summed E-state index contributed by atoms with van der Waals surface area (Å²) in [5.41, 5.74) is 0. The zero-order valence-corrected chi connectivity index (χ0v) is 8.36. The van der Waals surface area contributed by atoms with Crippen molar-refractivity contribution in [3.63, 3.8) is 0 Å². The smallest absolute Gasteiger partial charge is 1.00 e. The molecule has 11 heavy (non-hydrogen) atoms. The first-order valence-corrected chi connectivity index (χ1v) is 2.75. The SMILES string of the molecule is O=C(OCO)C(CO)CO.[H-].[Na+]. The molecular weight excluding hydrogens is 163 g/mol. The van der Waals surface area contributed by atoms with Gasteiger partial charge in [-0.05, 0) is 0 Å². The molecule has 0 atom stereocenters. The molecule has 0 spiro atoms. The molecule has 6 heteroatoms. The van der Waals surface area contributed by atoms with Gasteiger partial charge in [-0.1, -0.05) is 0 Å². The monoisotopic (exact) mass is 174 g/mol. The Hall–Kier alpha value is 0.350. The summed E-state index contributed by atoms with van der Waals surface area (Å²) >= 11 is 0. The van der Waals surface area contributed by atoms with Gasteiger partial charge in [0.2, 0.25) is 0 Å². The summed E-state index contributed by atoms with van der Waals surface area (Å²) in [6.45, 7) is -1.68. The van der Waals surface area contributed by atoms with Crippen molar-refractivity contribution in [1.82, 2.24) is 0 Å². The Morgan fingerprint density at radius 3 is 2.09 bits per heavy atom. The van der Waals surface area contributed by atoms with Crippen LogP contribution in [0.1, 0.15) is 1.43 Å². The van der Waals surface area contributed by atoms with Crippen LogP contribution in [0.2, 0.25) is 0 Å². The van der Waals surface area contributed by atoms with E-state index in [4.69, 9.17) is 15.3 Å². The van der Waals surface area contributed by atoms with Crippen molar-refractivity contribution in [2.75, 3.05) is 20.0 Å². The second kappa shape index (κ2) is 8.45. The van der Waals surface area contributed by atoms with Gasteiger partial charge in [0, 0.05) is 0 Å². The second-order valence-electron chi connectivity index (χ2n) is 1.65. The number of ether oxygens (including phenoxy) is 1. The number of hydrogen-bond donors (Lipinski definition) is 3. The molecule has 0 radical (unpaired) electrons. The molecule has 5 nitrogen and oxygen atoms in total. The average Bonchev–Trinajstić information content (AvgIpc) is 1.91. The maximum Gasteiger partial charge on any atom is 1.00 e. The van der Waals surface area contributed by atoms with E-state index in [1.165, 1.54) is 0 Å². The Morgan fingerprint density at radius 2 is 1.82 bits per heavy atom. The minimum absolute atomic E-state index is 0. The summed E-state index contributed by atoms with van der Waals surface area (Å²) < 4.78 is 4.08. The van der Waals surface area contributed by atoms with E-state index < -0.39 is 31.9 Å². The van der Waals surface area contributed by atoms with Crippen LogP contribution in [-0.4, -0.2) is 41.3 Å². The van der Waals surface area contributed by atoms with E-state index in [0.717, 1.165) is 0 Å². The van der Waals surface area contributed by atoms with Gasteiger partial charge in [-0.3, -0.25) is 4.79 Å². The van der Waals surface area contributed by atoms with Gasteiger partial charge in [0.05, 0.1) is 13.2 Å². The van der Waals surface area contributed by atoms with Gasteiger partial charge >= 0.3 is 35.5 Å². The van der Waals surface area contributed by atoms with E-state index in [1.807, 2.05) is 0 Å². The summed E-state index contributed by atoms with van der Waals surface area (Å²) in [7, 11) is 0. The Morgan fingerprint density at radius 1 is 1.36 bits per heavy atom. The van der Waals surface area contributed by atoms with Crippen molar-refractivity contribution in [2.45, 2.75) is 0 Å². The number of carbonyl (C=O) groups excluding carboxylic acids is 1. The van der Waals surface area contributed by atoms with Crippen LogP contribution < -0.4 is 29.6 Å². The molecule has 62 valence electrons. The van der Waals surface area contributed by atoms with E-state index in [0.29, 0.717) is 0 Å². The summed E-state index contributed by atoms with van der Waals surface area (Å²) in [5, 5.41) is 24.8. The first-order chi connectivity index (χ1) is 4.76. The van der Waals surface area contributed by atoms with Crippen molar-refractivity contribution in [1.29, 1.82) is 0 Å². The number of aliphatic hydroxyl groups is 3. The molecule has 0 fully saturated rings. The first-order valence-electron chi connectivity index (χ1n) is 2.75. The second-order valence-corrected chi connectivity index (χ2v) is 1.65. The molecule has 0 aliphatic carbocycles. The van der Waals surface area contributed by atoms with Crippen molar-refractivity contribution in [3.05, 3.63) is 0 Å². The number of aliphatic hydroxyl groups excluding tert-OH is 3. The maximum absolute atomic E-state index is 10.5. The van der Waals surface area contributed by atoms with Gasteiger partial charge in [0.15, 0.2) is 6.79 Å². The van der Waals surface area contributed by atoms with Gasteiger partial charge in [-0.15, -0.1) is 0 Å². The average molecular weight is 174 g/mol. The van der Waals surface area contributed by atoms with Crippen LogP contribution >= 0.6 is 0 Å². The Kier molecular flexibility index (Phi) is 10.7. The summed E-state index contributed by atoms with van der Waals surface area (Å²) in [6.07, 6.45) is 0. The fraction of sp³-hybridized carbons (Fsp3) is 0.800. The van der Waals surface area contributed by atoms with Crippen LogP contribution in [0.5, 0.6) is 0 Å². The predicted octanol–water partition coefficient (Wildman–Crippen LogP) is -4.80. The van der Waals surface area contributed by atoms with Gasteiger partial charge < -0.3 is 21.5 Å². The molecule has 0 heterocycles. The van der Waals surface area contributed by atoms with Gasteiger partial charge in [0.1, 0.15) is 5.92 Å². The molecule has 0 saturated carbocycles. The fourth-order valence-corrected chi connectivity index (χ4v) is 0.388. The van der Waals surface area contributed by atoms with Crippen LogP contribution in [0.15, 0.2) is 0 Å². The molecule has 0 aromatic carbocycles. The molecule has 0 aliphatic heterocycles. The Balaban J connectivity index is -0.000000405. The third kappa shape index (κ3) is 5.60. The third-order valence-corrected chi connectivity index (χ3v) is 0.981. The molecule has 0 saturated heterocycles. The number of hydrogen-bond acceptors (Lipinski definition) is 5. The van der Waals surface area contributed by atoms with Crippen LogP contribution in [0.3, 0.4) is 0 Å². The van der Waals surface area contributed by atoms with E-state index >= 15 is 0 Å². The normalized spacial score (nSPS) is 9.09. The molecule has 0 aliphatic rings. The molecule has 3 N–H and O–H groups in total. The van der Waals surface area contributed by atoms with E-state index in [9.17, 15) is 4.79 Å². The van der Waals surface area contributed by atoms with Crippen molar-refractivity contribution in [3.8, 4) is 0 Å². The molecule has 0 bridgehead atoms. The van der Waals surface area contributed by atoms with Crippen molar-refractivity contribution in [2.24, 2.45) is 5.92 Å². The Labute approximate surface area is 87.8 Å². The Bertz CT molecular complexity index is 108. The van der Waals surface area contributed by atoms with Crippen LogP contribution in [-0.2, 0) is 9.53 Å². The molecule has 0 rings (SSSR count). The van der Waals surface area contributed by atoms with E-state index in [2.05, 4.69) is 4.74 Å². The summed E-state index contributed by atoms with van der Waals surface area (Å²) in [5.74, 6) is -1.74. The molecular formula is C5H11NaO5. The van der Waals surface area contributed by atoms with Crippen LogP contribution in [0, 0.1) is 5.92 Å². The van der Waals surface area contributed by atoms with Gasteiger partial charge in [0.25, 0.3) is 0 Å². The van der Waals surface area contributed by atoms with Crippen molar-refractivity contribution >= 4 is 5.97 Å². The number of carbonyl (C=O) groups is 1. The standard InChI is InChI=1S/C5H10O5.Na.H/c6-1-4(2-7)5(9)10-3-8;;/h4,6-8H,1-3H2;;/q;+1;-1. The summed E-state index contributed by atoms with van der Waals surface area (Å²) in [4.78, 5) is 10.5. The molecule has 0 aromatic heterocycles. The van der Waals surface area contributed by atoms with Crippen molar-refractivity contribution < 1.29 is 55.8 Å². The zero-order valence-electron chi connectivity index (χ0n) is 7.36. The largest absolute Gasteiger partial charge is 1.00 e. The minimum Gasteiger partial charge on any atom is -1.00 e. The molecule has 0 amide bonds. The topological polar surface area (TPSA) is 87.0 Å². The minimum atomic E-state index is -0.938. The maximum atomic E-state index is 10.5. The van der Waals surface area contributed by atoms with Crippen LogP contribution in [0.4, 0.5) is 0 Å². The first kappa shape index (κ1) is 13.9. The fourth-order valence-electron chi connectivity index (χ4n) is 0.388. The molecule has 0 aromatic rings. The number of rotatable bonds is 4. The van der Waals surface area contributed by atoms with E-state index in [1.54, 1.807) is 0 Å². The quantitative estimate of drug-likeness (QED) is 0.226. The molecule has 0 unspecified atom stereocenters. The predicted molar refractivity (Wildman–Crippen MR) is 32.0 cm³/mol. The number of esters is 1. The van der Waals surface area contributed by atoms with Gasteiger partial charge in [-0.25, -0.2) is 0 Å². The third-order valence-electron chi connectivity index (χ3n) is 0.981.